The van der Waals surface area contributed by atoms with E-state index in [4.69, 9.17) is 15.0 Å². The minimum absolute atomic E-state index is 0.573. The number of nitrogens with zero attached hydrogens (tertiary/aromatic N) is 6. The fourth-order valence-electron chi connectivity index (χ4n) is 11.0. The first-order valence-electron chi connectivity index (χ1n) is 23.8. The zero-order chi connectivity index (χ0) is 46.1. The Morgan fingerprint density at radius 1 is 0.343 bits per heavy atom. The van der Waals surface area contributed by atoms with Gasteiger partial charge in [-0.25, -0.2) is 15.0 Å². The molecule has 328 valence electrons. The summed E-state index contributed by atoms with van der Waals surface area (Å²) in [5, 5.41) is 4.71. The van der Waals surface area contributed by atoms with Crippen molar-refractivity contribution in [3.05, 3.63) is 254 Å². The smallest absolute Gasteiger partial charge is 0.164 e. The standard InChI is InChI=1S/C64H42N6/c1-4-22-42(23-5-1)59-52(64-66-62(43-24-6-2-7-25-43)65-63(67-64)44-26-8-3-9-27-44)41-58(68-46-29-11-10-28-45(40-46)47-30-12-17-35-53(47)68)60(69-54-36-18-13-31-48(54)49-32-14-19-37-55(49)69)61(59)70-56-38-20-15-33-50(56)51-34-16-21-39-57(51)70/h1-39,41H,40H2. The number of rotatable bonds is 7. The normalized spacial score (nSPS) is 13.2. The van der Waals surface area contributed by atoms with Crippen LogP contribution in [0.1, 0.15) is 12.0 Å². The van der Waals surface area contributed by atoms with Crippen LogP contribution in [0.2, 0.25) is 0 Å². The third-order valence-electron chi connectivity index (χ3n) is 14.0. The quantitative estimate of drug-likeness (QED) is 0.160. The Kier molecular flexibility index (Phi) is 9.17. The van der Waals surface area contributed by atoms with Gasteiger partial charge in [-0.05, 0) is 53.6 Å². The maximum atomic E-state index is 5.54. The highest BCUT2D eigenvalue weighted by Gasteiger charge is 2.35. The average Bonchev–Trinajstić information content (AvgIpc) is 3.85. The van der Waals surface area contributed by atoms with Crippen LogP contribution in [0.4, 0.5) is 11.4 Å². The Hall–Kier alpha value is -9.39. The molecule has 0 unspecified atom stereocenters. The van der Waals surface area contributed by atoms with Gasteiger partial charge in [0.05, 0.1) is 44.8 Å². The molecule has 2 bridgehead atoms. The van der Waals surface area contributed by atoms with Gasteiger partial charge in [0.1, 0.15) is 0 Å². The molecule has 9 aromatic carbocycles. The molecule has 0 fully saturated rings. The van der Waals surface area contributed by atoms with Crippen molar-refractivity contribution in [3.8, 4) is 56.7 Å². The van der Waals surface area contributed by atoms with Gasteiger partial charge in [0.25, 0.3) is 0 Å². The van der Waals surface area contributed by atoms with Gasteiger partial charge in [0.15, 0.2) is 17.5 Å². The molecule has 70 heavy (non-hydrogen) atoms. The molecule has 0 saturated carbocycles. The Morgan fingerprint density at radius 2 is 0.771 bits per heavy atom. The molecule has 0 atom stereocenters. The molecule has 12 aromatic rings. The van der Waals surface area contributed by atoms with Gasteiger partial charge in [-0.15, -0.1) is 0 Å². The van der Waals surface area contributed by atoms with Gasteiger partial charge >= 0.3 is 0 Å². The van der Waals surface area contributed by atoms with Gasteiger partial charge in [-0.3, -0.25) is 0 Å². The third-order valence-corrected chi connectivity index (χ3v) is 14.0. The van der Waals surface area contributed by atoms with E-state index < -0.39 is 0 Å². The van der Waals surface area contributed by atoms with E-state index in [1.807, 2.05) is 36.4 Å². The lowest BCUT2D eigenvalue weighted by molar-refractivity contribution is 1.02. The lowest BCUT2D eigenvalue weighted by Gasteiger charge is -2.37. The highest BCUT2D eigenvalue weighted by Crippen LogP contribution is 2.54. The summed E-state index contributed by atoms with van der Waals surface area (Å²) >= 11 is 0. The largest absolute Gasteiger partial charge is 0.311 e. The van der Waals surface area contributed by atoms with E-state index in [1.54, 1.807) is 0 Å². The summed E-state index contributed by atoms with van der Waals surface area (Å²) in [6.45, 7) is 0. The molecule has 14 rings (SSSR count). The molecule has 4 heterocycles. The predicted molar refractivity (Wildman–Crippen MR) is 289 cm³/mol. The van der Waals surface area contributed by atoms with Crippen LogP contribution in [-0.4, -0.2) is 24.1 Å². The van der Waals surface area contributed by atoms with E-state index >= 15 is 0 Å². The minimum Gasteiger partial charge on any atom is -0.311 e. The van der Waals surface area contributed by atoms with E-state index in [9.17, 15) is 0 Å². The van der Waals surface area contributed by atoms with Gasteiger partial charge in [0, 0.05) is 61.5 Å². The second-order valence-corrected chi connectivity index (χ2v) is 17.9. The monoisotopic (exact) mass is 894 g/mol. The number of hydrogen-bond acceptors (Lipinski definition) is 4. The highest BCUT2D eigenvalue weighted by atomic mass is 15.2. The first-order valence-corrected chi connectivity index (χ1v) is 23.8. The summed E-state index contributed by atoms with van der Waals surface area (Å²) < 4.78 is 5.03. The van der Waals surface area contributed by atoms with Gasteiger partial charge in [-0.1, -0.05) is 200 Å². The zero-order valence-electron chi connectivity index (χ0n) is 38.0. The number of anilines is 2. The molecule has 6 nitrogen and oxygen atoms in total. The van der Waals surface area contributed by atoms with Crippen LogP contribution in [0.5, 0.6) is 0 Å². The molecule has 0 spiro atoms. The number of allylic oxidation sites excluding steroid dienone is 5. The van der Waals surface area contributed by atoms with Crippen LogP contribution in [0.15, 0.2) is 248 Å². The average molecular weight is 895 g/mol. The number of aromatic nitrogens is 5. The van der Waals surface area contributed by atoms with Crippen LogP contribution in [0, 0.1) is 0 Å². The van der Waals surface area contributed by atoms with Crippen molar-refractivity contribution in [1.29, 1.82) is 0 Å². The Morgan fingerprint density at radius 3 is 1.31 bits per heavy atom. The molecule has 3 aromatic heterocycles. The number of benzene rings is 9. The van der Waals surface area contributed by atoms with Crippen molar-refractivity contribution in [1.82, 2.24) is 24.1 Å². The maximum Gasteiger partial charge on any atom is 0.164 e. The highest BCUT2D eigenvalue weighted by molar-refractivity contribution is 6.14. The van der Waals surface area contributed by atoms with Gasteiger partial charge in [-0.2, -0.15) is 0 Å². The molecule has 6 heteroatoms. The predicted octanol–water partition coefficient (Wildman–Crippen LogP) is 16.1. The van der Waals surface area contributed by atoms with Crippen molar-refractivity contribution in [3.63, 3.8) is 0 Å². The fraction of sp³-hybridized carbons (Fsp3) is 0.0156. The van der Waals surface area contributed by atoms with Crippen molar-refractivity contribution >= 4 is 60.6 Å². The van der Waals surface area contributed by atoms with Crippen molar-refractivity contribution in [2.45, 2.75) is 6.42 Å². The third kappa shape index (κ3) is 6.24. The second-order valence-electron chi connectivity index (χ2n) is 17.9. The molecule has 1 aliphatic carbocycles. The molecule has 1 aliphatic heterocycles. The SMILES string of the molecule is C1=CC=C2CC(=C1)c1ccccc1N2c1cc(-c2nc(-c3ccccc3)nc(-c3ccccc3)n2)c(-c2ccccc2)c(-n2c3ccccc3c3ccccc32)c1-n1c2ccccc2c2ccccc21. The summed E-state index contributed by atoms with van der Waals surface area (Å²) in [6.07, 6.45) is 9.65. The fourth-order valence-corrected chi connectivity index (χ4v) is 11.0. The van der Waals surface area contributed by atoms with E-state index in [1.165, 1.54) is 32.7 Å². The van der Waals surface area contributed by atoms with Crippen LogP contribution >= 0.6 is 0 Å². The van der Waals surface area contributed by atoms with Crippen molar-refractivity contribution < 1.29 is 0 Å². The lowest BCUT2D eigenvalue weighted by Crippen LogP contribution is -2.24. The van der Waals surface area contributed by atoms with Crippen LogP contribution in [0.3, 0.4) is 0 Å². The molecular formula is C64H42N6. The molecule has 0 N–H and O–H groups in total. The topological polar surface area (TPSA) is 51.8 Å². The van der Waals surface area contributed by atoms with Crippen LogP contribution in [-0.2, 0) is 0 Å². The van der Waals surface area contributed by atoms with Crippen molar-refractivity contribution in [2.75, 3.05) is 4.90 Å². The first-order chi connectivity index (χ1) is 34.8. The molecule has 0 radical (unpaired) electrons. The van der Waals surface area contributed by atoms with Gasteiger partial charge in [0.2, 0.25) is 0 Å². The van der Waals surface area contributed by atoms with Crippen molar-refractivity contribution in [2.24, 2.45) is 0 Å². The van der Waals surface area contributed by atoms with E-state index in [-0.39, 0.29) is 0 Å². The maximum absolute atomic E-state index is 5.54. The van der Waals surface area contributed by atoms with E-state index in [0.717, 1.165) is 84.8 Å². The molecule has 2 aliphatic rings. The van der Waals surface area contributed by atoms with Gasteiger partial charge < -0.3 is 14.0 Å². The molecule has 0 amide bonds. The van der Waals surface area contributed by atoms with E-state index in [0.29, 0.717) is 17.5 Å². The number of para-hydroxylation sites is 5. The Bertz CT molecular complexity index is 3980. The van der Waals surface area contributed by atoms with Crippen LogP contribution < -0.4 is 4.90 Å². The second kappa shape index (κ2) is 16.1. The summed E-state index contributed by atoms with van der Waals surface area (Å²) in [6, 6.07) is 77.9. The summed E-state index contributed by atoms with van der Waals surface area (Å²) in [5.74, 6) is 1.78. The lowest BCUT2D eigenvalue weighted by atomic mass is 9.90. The Balaban J connectivity index is 1.26. The molecule has 0 saturated heterocycles. The number of fused-ring (bicyclic) bond motifs is 10. The number of hydrogen-bond donors (Lipinski definition) is 0. The zero-order valence-corrected chi connectivity index (χ0v) is 38.0. The minimum atomic E-state index is 0.573. The van der Waals surface area contributed by atoms with E-state index in [2.05, 4.69) is 220 Å². The van der Waals surface area contributed by atoms with Crippen LogP contribution in [0.25, 0.3) is 106 Å². The molecular weight excluding hydrogens is 853 g/mol. The Labute approximate surface area is 404 Å². The summed E-state index contributed by atoms with van der Waals surface area (Å²) in [7, 11) is 0. The summed E-state index contributed by atoms with van der Waals surface area (Å²) in [4.78, 5) is 18.8. The summed E-state index contributed by atoms with van der Waals surface area (Å²) in [5.41, 5.74) is 16.9. The first kappa shape index (κ1) is 39.7.